The Morgan fingerprint density at radius 2 is 1.86 bits per heavy atom. The molecule has 2 aromatic rings. The number of ketones is 1. The van der Waals surface area contributed by atoms with E-state index < -0.39 is 5.97 Å². The number of Topliss-reactive ketones (excluding diaryl/α,β-unsaturated/α-hetero) is 1. The van der Waals surface area contributed by atoms with Crippen LogP contribution in [-0.4, -0.2) is 29.2 Å². The molecule has 0 aliphatic rings. The van der Waals surface area contributed by atoms with Gasteiger partial charge >= 0.3 is 5.97 Å². The molecule has 0 N–H and O–H groups in total. The summed E-state index contributed by atoms with van der Waals surface area (Å²) in [5, 5.41) is 0. The van der Waals surface area contributed by atoms with Crippen LogP contribution in [0.4, 0.5) is 0 Å². The molecule has 0 spiro atoms. The van der Waals surface area contributed by atoms with Gasteiger partial charge in [-0.25, -0.2) is 4.79 Å². The van der Waals surface area contributed by atoms with Crippen LogP contribution < -0.4 is 0 Å². The van der Waals surface area contributed by atoms with Gasteiger partial charge in [0.05, 0.1) is 5.56 Å². The first-order valence-electron chi connectivity index (χ1n) is 6.92. The first-order chi connectivity index (χ1) is 10.5. The molecule has 0 amide bonds. The van der Waals surface area contributed by atoms with E-state index in [4.69, 9.17) is 4.74 Å². The van der Waals surface area contributed by atoms with Gasteiger partial charge in [0, 0.05) is 28.9 Å². The molecule has 4 nitrogen and oxygen atoms in total. The van der Waals surface area contributed by atoms with E-state index in [0.717, 1.165) is 16.3 Å². The number of thioether (sulfide) groups is 1. The lowest BCUT2D eigenvalue weighted by molar-refractivity contribution is 0.0471. The van der Waals surface area contributed by atoms with Crippen LogP contribution >= 0.6 is 11.8 Å². The maximum atomic E-state index is 12.2. The highest BCUT2D eigenvalue weighted by Gasteiger charge is 2.17. The van der Waals surface area contributed by atoms with Crippen LogP contribution in [0.15, 0.2) is 35.2 Å². The fourth-order valence-electron chi connectivity index (χ4n) is 2.24. The average molecular weight is 317 g/mol. The van der Waals surface area contributed by atoms with Gasteiger partial charge in [0.2, 0.25) is 5.78 Å². The normalized spacial score (nSPS) is 10.5. The number of ether oxygens (including phenoxy) is 1. The zero-order valence-corrected chi connectivity index (χ0v) is 14.0. The van der Waals surface area contributed by atoms with Crippen molar-refractivity contribution in [1.82, 2.24) is 4.57 Å². The lowest BCUT2D eigenvalue weighted by Gasteiger charge is -2.07. The lowest BCUT2D eigenvalue weighted by atomic mass is 10.1. The molecule has 0 bridgehead atoms. The second-order valence-corrected chi connectivity index (χ2v) is 5.89. The summed E-state index contributed by atoms with van der Waals surface area (Å²) in [6.07, 6.45) is 1.90. The van der Waals surface area contributed by atoms with Crippen LogP contribution in [0.5, 0.6) is 0 Å². The van der Waals surface area contributed by atoms with Crippen LogP contribution in [0, 0.1) is 13.8 Å². The summed E-state index contributed by atoms with van der Waals surface area (Å²) in [6.45, 7) is 3.57. The maximum absolute atomic E-state index is 12.2. The minimum atomic E-state index is -0.469. The highest BCUT2D eigenvalue weighted by molar-refractivity contribution is 7.98. The summed E-state index contributed by atoms with van der Waals surface area (Å²) in [5.74, 6) is -0.653. The first-order valence-corrected chi connectivity index (χ1v) is 8.14. The molecule has 5 heteroatoms. The van der Waals surface area contributed by atoms with E-state index in [9.17, 15) is 9.59 Å². The topological polar surface area (TPSA) is 48.3 Å². The number of aromatic nitrogens is 1. The second-order valence-electron chi connectivity index (χ2n) is 5.04. The van der Waals surface area contributed by atoms with Crippen molar-refractivity contribution in [2.75, 3.05) is 12.9 Å². The molecule has 1 aromatic carbocycles. The number of nitrogens with zero attached hydrogens (tertiary/aromatic N) is 1. The molecule has 0 aliphatic carbocycles. The number of hydrogen-bond acceptors (Lipinski definition) is 4. The minimum Gasteiger partial charge on any atom is -0.454 e. The first kappa shape index (κ1) is 16.4. The zero-order valence-electron chi connectivity index (χ0n) is 13.2. The number of benzene rings is 1. The molecule has 0 fully saturated rings. The van der Waals surface area contributed by atoms with E-state index in [1.165, 1.54) is 11.8 Å². The largest absolute Gasteiger partial charge is 0.454 e. The Morgan fingerprint density at radius 1 is 1.18 bits per heavy atom. The minimum absolute atomic E-state index is 0.184. The smallest absolute Gasteiger partial charge is 0.339 e. The Morgan fingerprint density at radius 3 is 2.45 bits per heavy atom. The lowest BCUT2D eigenvalue weighted by Crippen LogP contribution is -2.15. The molecule has 0 radical (unpaired) electrons. The molecule has 22 heavy (non-hydrogen) atoms. The van der Waals surface area contributed by atoms with Crippen molar-refractivity contribution in [1.29, 1.82) is 0 Å². The Labute approximate surface area is 134 Å². The number of rotatable bonds is 5. The molecule has 116 valence electrons. The van der Waals surface area contributed by atoms with E-state index in [1.54, 1.807) is 12.1 Å². The summed E-state index contributed by atoms with van der Waals surface area (Å²) in [6, 6.07) is 9.03. The van der Waals surface area contributed by atoms with Gasteiger partial charge in [-0.15, -0.1) is 11.8 Å². The molecule has 0 atom stereocenters. The van der Waals surface area contributed by atoms with Crippen LogP contribution in [0.3, 0.4) is 0 Å². The predicted molar refractivity (Wildman–Crippen MR) is 87.7 cm³/mol. The van der Waals surface area contributed by atoms with Crippen molar-refractivity contribution in [3.8, 4) is 0 Å². The van der Waals surface area contributed by atoms with Gasteiger partial charge in [-0.2, -0.15) is 0 Å². The van der Waals surface area contributed by atoms with Crippen LogP contribution in [0.2, 0.25) is 0 Å². The molecule has 0 unspecified atom stereocenters. The van der Waals surface area contributed by atoms with Crippen LogP contribution in [-0.2, 0) is 11.8 Å². The molecule has 1 aromatic heterocycles. The van der Waals surface area contributed by atoms with Crippen molar-refractivity contribution >= 4 is 23.5 Å². The third-order valence-corrected chi connectivity index (χ3v) is 4.53. The van der Waals surface area contributed by atoms with Crippen molar-refractivity contribution < 1.29 is 14.3 Å². The molecule has 0 saturated carbocycles. The summed E-state index contributed by atoms with van der Waals surface area (Å²) >= 11 is 1.47. The van der Waals surface area contributed by atoms with Gasteiger partial charge in [0.1, 0.15) is 0 Å². The molecule has 1 heterocycles. The SMILES string of the molecule is CSc1ccccc1C(=O)OCC(=O)c1cc(C)n(C)c1C. The van der Waals surface area contributed by atoms with Gasteiger partial charge in [0.25, 0.3) is 0 Å². The van der Waals surface area contributed by atoms with Crippen molar-refractivity contribution in [3.63, 3.8) is 0 Å². The number of carbonyl (C=O) groups excluding carboxylic acids is 2. The molecule has 2 rings (SSSR count). The van der Waals surface area contributed by atoms with Crippen molar-refractivity contribution in [2.24, 2.45) is 7.05 Å². The Bertz CT molecular complexity index is 719. The summed E-state index contributed by atoms with van der Waals surface area (Å²) in [7, 11) is 1.90. The number of aryl methyl sites for hydroxylation is 1. The fraction of sp³-hybridized carbons (Fsp3) is 0.294. The van der Waals surface area contributed by atoms with Crippen molar-refractivity contribution in [2.45, 2.75) is 18.7 Å². The zero-order chi connectivity index (χ0) is 16.3. The Hall–Kier alpha value is -2.01. The van der Waals surface area contributed by atoms with Crippen molar-refractivity contribution in [3.05, 3.63) is 52.8 Å². The molecule has 0 aliphatic heterocycles. The van der Waals surface area contributed by atoms with Gasteiger partial charge in [-0.05, 0) is 38.3 Å². The summed E-state index contributed by atoms with van der Waals surface area (Å²) in [5.41, 5.74) is 2.97. The maximum Gasteiger partial charge on any atom is 0.339 e. The second kappa shape index (κ2) is 6.83. The Kier molecular flexibility index (Phi) is 5.08. The van der Waals surface area contributed by atoms with Gasteiger partial charge in [-0.1, -0.05) is 12.1 Å². The fourth-order valence-corrected chi connectivity index (χ4v) is 2.82. The number of carbonyl (C=O) groups is 2. The standard InChI is InChI=1S/C17H19NO3S/c1-11-9-14(12(2)18(11)3)15(19)10-21-17(20)13-7-5-6-8-16(13)22-4/h5-9H,10H2,1-4H3. The predicted octanol–water partition coefficient (Wildman–Crippen LogP) is 3.40. The van der Waals surface area contributed by atoms with E-state index in [-0.39, 0.29) is 12.4 Å². The molecular weight excluding hydrogens is 298 g/mol. The van der Waals surface area contributed by atoms with Crippen LogP contribution in [0.1, 0.15) is 32.1 Å². The Balaban J connectivity index is 2.08. The number of hydrogen-bond donors (Lipinski definition) is 0. The van der Waals surface area contributed by atoms with Gasteiger partial charge < -0.3 is 9.30 Å². The van der Waals surface area contributed by atoms with E-state index in [0.29, 0.717) is 11.1 Å². The van der Waals surface area contributed by atoms with E-state index in [1.807, 2.05) is 49.9 Å². The van der Waals surface area contributed by atoms with Gasteiger partial charge in [0.15, 0.2) is 6.61 Å². The van der Waals surface area contributed by atoms with Crippen LogP contribution in [0.25, 0.3) is 0 Å². The highest BCUT2D eigenvalue weighted by atomic mass is 32.2. The highest BCUT2D eigenvalue weighted by Crippen LogP contribution is 2.21. The third-order valence-electron chi connectivity index (χ3n) is 3.74. The summed E-state index contributed by atoms with van der Waals surface area (Å²) in [4.78, 5) is 25.2. The molecule has 0 saturated heterocycles. The van der Waals surface area contributed by atoms with E-state index in [2.05, 4.69) is 0 Å². The number of esters is 1. The summed E-state index contributed by atoms with van der Waals surface area (Å²) < 4.78 is 7.12. The quantitative estimate of drug-likeness (QED) is 0.482. The van der Waals surface area contributed by atoms with E-state index >= 15 is 0 Å². The van der Waals surface area contributed by atoms with Gasteiger partial charge in [-0.3, -0.25) is 4.79 Å². The average Bonchev–Trinajstić information content (AvgIpc) is 2.79. The monoisotopic (exact) mass is 317 g/mol. The third kappa shape index (κ3) is 3.25. The molecular formula is C17H19NO3S.